The Morgan fingerprint density at radius 1 is 1.20 bits per heavy atom. The molecule has 3 N–H and O–H groups in total. The third kappa shape index (κ3) is 6.33. The molecule has 0 amide bonds. The zero-order valence-corrected chi connectivity index (χ0v) is 12.5. The first-order valence-electron chi connectivity index (χ1n) is 6.48. The number of methoxy groups -OCH3 is 1. The van der Waals surface area contributed by atoms with Crippen LogP contribution in [0.5, 0.6) is 0 Å². The predicted molar refractivity (Wildman–Crippen MR) is 78.0 cm³/mol. The molecule has 0 fully saturated rings. The van der Waals surface area contributed by atoms with Gasteiger partial charge in [0.15, 0.2) is 0 Å². The Morgan fingerprint density at radius 2 is 2.00 bits per heavy atom. The fraction of sp³-hybridized carbons (Fsp3) is 0.538. The van der Waals surface area contributed by atoms with E-state index >= 15 is 0 Å². The van der Waals surface area contributed by atoms with Crippen LogP contribution >= 0.6 is 0 Å². The molecule has 0 aromatic heterocycles. The van der Waals surface area contributed by atoms with Crippen molar-refractivity contribution in [2.24, 2.45) is 0 Å². The fourth-order valence-electron chi connectivity index (χ4n) is 1.55. The van der Waals surface area contributed by atoms with Crippen LogP contribution in [0.15, 0.2) is 29.2 Å². The monoisotopic (exact) mass is 302 g/mol. The van der Waals surface area contributed by atoms with Gasteiger partial charge in [-0.15, -0.1) is 0 Å². The highest BCUT2D eigenvalue weighted by atomic mass is 32.2. The van der Waals surface area contributed by atoms with Crippen LogP contribution in [0.4, 0.5) is 5.69 Å². The Kier molecular flexibility index (Phi) is 7.53. The van der Waals surface area contributed by atoms with Crippen molar-refractivity contribution < 1.29 is 17.9 Å². The van der Waals surface area contributed by atoms with E-state index in [2.05, 4.69) is 4.72 Å². The van der Waals surface area contributed by atoms with Crippen molar-refractivity contribution in [1.29, 1.82) is 0 Å². The van der Waals surface area contributed by atoms with Gasteiger partial charge in [0.25, 0.3) is 0 Å². The molecule has 114 valence electrons. The van der Waals surface area contributed by atoms with Gasteiger partial charge in [-0.2, -0.15) is 0 Å². The van der Waals surface area contributed by atoms with Crippen LogP contribution in [0, 0.1) is 0 Å². The van der Waals surface area contributed by atoms with E-state index in [4.69, 9.17) is 15.2 Å². The van der Waals surface area contributed by atoms with Gasteiger partial charge in [0.1, 0.15) is 0 Å². The lowest BCUT2D eigenvalue weighted by Gasteiger charge is -2.07. The van der Waals surface area contributed by atoms with E-state index < -0.39 is 10.0 Å². The third-order valence-electron chi connectivity index (χ3n) is 2.61. The Balaban J connectivity index is 2.24. The molecule has 0 saturated carbocycles. The van der Waals surface area contributed by atoms with Gasteiger partial charge in [0.2, 0.25) is 10.0 Å². The van der Waals surface area contributed by atoms with Gasteiger partial charge in [-0.3, -0.25) is 0 Å². The van der Waals surface area contributed by atoms with Gasteiger partial charge in [-0.25, -0.2) is 13.1 Å². The second kappa shape index (κ2) is 8.91. The van der Waals surface area contributed by atoms with Crippen molar-refractivity contribution in [2.45, 2.75) is 17.7 Å². The summed E-state index contributed by atoms with van der Waals surface area (Å²) in [6, 6.07) is 6.23. The number of ether oxygens (including phenoxy) is 2. The number of hydrogen-bond donors (Lipinski definition) is 2. The molecule has 1 aromatic carbocycles. The van der Waals surface area contributed by atoms with Gasteiger partial charge in [-0.1, -0.05) is 6.07 Å². The van der Waals surface area contributed by atoms with Gasteiger partial charge in [0.05, 0.1) is 18.1 Å². The van der Waals surface area contributed by atoms with Crippen LogP contribution in [-0.4, -0.2) is 41.9 Å². The fourth-order valence-corrected chi connectivity index (χ4v) is 2.67. The summed E-state index contributed by atoms with van der Waals surface area (Å²) < 4.78 is 36.6. The maximum Gasteiger partial charge on any atom is 0.240 e. The second-order valence-electron chi connectivity index (χ2n) is 4.28. The van der Waals surface area contributed by atoms with E-state index in [1.807, 2.05) is 0 Å². The molecular formula is C13H22N2O4S. The molecule has 0 aliphatic heterocycles. The van der Waals surface area contributed by atoms with Crippen molar-refractivity contribution in [1.82, 2.24) is 4.72 Å². The molecule has 0 atom stereocenters. The molecule has 0 bridgehead atoms. The van der Waals surface area contributed by atoms with Crippen LogP contribution in [0.2, 0.25) is 0 Å². The first-order valence-corrected chi connectivity index (χ1v) is 7.96. The minimum absolute atomic E-state index is 0.189. The second-order valence-corrected chi connectivity index (χ2v) is 6.05. The number of nitrogens with two attached hydrogens (primary N) is 1. The normalized spacial score (nSPS) is 11.7. The predicted octanol–water partition coefficient (Wildman–Crippen LogP) is 0.990. The number of benzene rings is 1. The number of unbranched alkanes of at least 4 members (excludes halogenated alkanes) is 1. The lowest BCUT2D eigenvalue weighted by Crippen LogP contribution is -2.25. The largest absolute Gasteiger partial charge is 0.399 e. The summed E-state index contributed by atoms with van der Waals surface area (Å²) in [6.07, 6.45) is 1.51. The number of sulfonamides is 1. The summed E-state index contributed by atoms with van der Waals surface area (Å²) >= 11 is 0. The van der Waals surface area contributed by atoms with Crippen LogP contribution in [-0.2, 0) is 19.5 Å². The van der Waals surface area contributed by atoms with Crippen LogP contribution in [0.25, 0.3) is 0 Å². The summed E-state index contributed by atoms with van der Waals surface area (Å²) in [5.74, 6) is 0. The smallest absolute Gasteiger partial charge is 0.240 e. The molecule has 0 unspecified atom stereocenters. The summed E-state index contributed by atoms with van der Waals surface area (Å²) in [7, 11) is -1.86. The molecule has 0 spiro atoms. The lowest BCUT2D eigenvalue weighted by atomic mass is 10.3. The molecule has 6 nitrogen and oxygen atoms in total. The van der Waals surface area contributed by atoms with Crippen molar-refractivity contribution in [2.75, 3.05) is 39.2 Å². The highest BCUT2D eigenvalue weighted by Gasteiger charge is 2.12. The number of rotatable bonds is 10. The zero-order chi connectivity index (χ0) is 14.8. The van der Waals surface area contributed by atoms with Crippen LogP contribution in [0.3, 0.4) is 0 Å². The lowest BCUT2D eigenvalue weighted by molar-refractivity contribution is 0.0689. The molecule has 7 heteroatoms. The molecular weight excluding hydrogens is 280 g/mol. The van der Waals surface area contributed by atoms with Gasteiger partial charge in [0, 0.05) is 25.9 Å². The molecule has 0 saturated heterocycles. The minimum Gasteiger partial charge on any atom is -0.399 e. The number of anilines is 1. The number of nitrogens with one attached hydrogen (secondary N) is 1. The molecule has 0 heterocycles. The van der Waals surface area contributed by atoms with E-state index in [0.29, 0.717) is 38.5 Å². The summed E-state index contributed by atoms with van der Waals surface area (Å²) in [5.41, 5.74) is 6.00. The van der Waals surface area contributed by atoms with E-state index in [9.17, 15) is 8.42 Å². The quantitative estimate of drug-likeness (QED) is 0.497. The molecule has 20 heavy (non-hydrogen) atoms. The van der Waals surface area contributed by atoms with Gasteiger partial charge < -0.3 is 15.2 Å². The highest BCUT2D eigenvalue weighted by Crippen LogP contribution is 2.12. The van der Waals surface area contributed by atoms with E-state index in [1.54, 1.807) is 19.2 Å². The summed E-state index contributed by atoms with van der Waals surface area (Å²) in [4.78, 5) is 0.189. The van der Waals surface area contributed by atoms with E-state index in [1.165, 1.54) is 12.1 Å². The van der Waals surface area contributed by atoms with Crippen molar-refractivity contribution >= 4 is 15.7 Å². The zero-order valence-electron chi connectivity index (χ0n) is 11.7. The van der Waals surface area contributed by atoms with Crippen LogP contribution in [0.1, 0.15) is 12.8 Å². The number of hydrogen-bond acceptors (Lipinski definition) is 5. The summed E-state index contributed by atoms with van der Waals surface area (Å²) in [5, 5.41) is 0. The molecule has 1 rings (SSSR count). The average molecular weight is 302 g/mol. The Morgan fingerprint density at radius 3 is 2.70 bits per heavy atom. The molecule has 1 aromatic rings. The van der Waals surface area contributed by atoms with Gasteiger partial charge in [-0.05, 0) is 31.0 Å². The maximum absolute atomic E-state index is 11.9. The van der Waals surface area contributed by atoms with E-state index in [0.717, 1.165) is 6.42 Å². The first kappa shape index (κ1) is 16.9. The van der Waals surface area contributed by atoms with Crippen molar-refractivity contribution in [3.8, 4) is 0 Å². The van der Waals surface area contributed by atoms with Crippen molar-refractivity contribution in [3.05, 3.63) is 24.3 Å². The number of nitrogen functional groups attached to an aromatic ring is 1. The minimum atomic E-state index is -3.47. The Bertz CT molecular complexity index is 491. The topological polar surface area (TPSA) is 90.6 Å². The third-order valence-corrected chi connectivity index (χ3v) is 4.07. The summed E-state index contributed by atoms with van der Waals surface area (Å²) in [6.45, 7) is 2.11. The SMILES string of the molecule is COCCOCCCCNS(=O)(=O)c1cccc(N)c1. The standard InChI is InChI=1S/C13H22N2O4S/c1-18-9-10-19-8-3-2-7-15-20(16,17)13-6-4-5-12(14)11-13/h4-6,11,15H,2-3,7-10,14H2,1H3. The average Bonchev–Trinajstić information content (AvgIpc) is 2.42. The Hall–Kier alpha value is -1.15. The maximum atomic E-state index is 11.9. The molecule has 0 aliphatic rings. The van der Waals surface area contributed by atoms with Crippen molar-refractivity contribution in [3.63, 3.8) is 0 Å². The first-order chi connectivity index (χ1) is 9.56. The van der Waals surface area contributed by atoms with Gasteiger partial charge >= 0.3 is 0 Å². The molecule has 0 radical (unpaired) electrons. The highest BCUT2D eigenvalue weighted by molar-refractivity contribution is 7.89. The Labute approximate surface area is 120 Å². The van der Waals surface area contributed by atoms with E-state index in [-0.39, 0.29) is 4.90 Å². The molecule has 0 aliphatic carbocycles. The van der Waals surface area contributed by atoms with Crippen LogP contribution < -0.4 is 10.5 Å².